The zero-order valence-electron chi connectivity index (χ0n) is 29.2. The summed E-state index contributed by atoms with van der Waals surface area (Å²) in [5, 5.41) is 8.06. The normalized spacial score (nSPS) is 10.9. The Hall–Kier alpha value is -6.30. The van der Waals surface area contributed by atoms with Crippen molar-refractivity contribution in [1.82, 2.24) is 10.9 Å². The molecule has 0 aliphatic heterocycles. The van der Waals surface area contributed by atoms with Crippen molar-refractivity contribution in [3.8, 4) is 23.0 Å². The molecule has 12 nitrogen and oxygen atoms in total. The number of nitrogens with zero attached hydrogens (tertiary/aromatic N) is 2. The third kappa shape index (κ3) is 12.9. The van der Waals surface area contributed by atoms with E-state index in [1.807, 2.05) is 0 Å². The number of rotatable bonds is 19. The zero-order chi connectivity index (χ0) is 37.0. The number of hydrogen-bond donors (Lipinski definition) is 2. The number of hydrogen-bond acceptors (Lipinski definition) is 10. The van der Waals surface area contributed by atoms with Gasteiger partial charge in [0, 0.05) is 24.0 Å². The number of ether oxygens (including phenoxy) is 4. The maximum absolute atomic E-state index is 12.6. The monoisotopic (exact) mass is 706 g/mol. The van der Waals surface area contributed by atoms with Gasteiger partial charge in [-0.05, 0) is 85.6 Å². The fourth-order valence-electron chi connectivity index (χ4n) is 4.87. The smallest absolute Gasteiger partial charge is 0.343 e. The number of methoxy groups -OCH3 is 2. The van der Waals surface area contributed by atoms with Gasteiger partial charge in [0.25, 0.3) is 0 Å². The zero-order valence-corrected chi connectivity index (χ0v) is 29.2. The third-order valence-corrected chi connectivity index (χ3v) is 7.74. The predicted molar refractivity (Wildman–Crippen MR) is 197 cm³/mol. The van der Waals surface area contributed by atoms with Crippen molar-refractivity contribution in [3.05, 3.63) is 119 Å². The molecule has 0 spiro atoms. The lowest BCUT2D eigenvalue weighted by atomic mass is 10.1. The molecule has 0 heterocycles. The number of amides is 2. The number of carbonyl (C=O) groups excluding carboxylic acids is 4. The van der Waals surface area contributed by atoms with Gasteiger partial charge in [0.15, 0.2) is 0 Å². The summed E-state index contributed by atoms with van der Waals surface area (Å²) < 4.78 is 21.3. The van der Waals surface area contributed by atoms with E-state index in [9.17, 15) is 19.2 Å². The Morgan fingerprint density at radius 3 is 1.27 bits per heavy atom. The van der Waals surface area contributed by atoms with Crippen LogP contribution in [0, 0.1) is 0 Å². The molecule has 270 valence electrons. The molecule has 4 rings (SSSR count). The Morgan fingerprint density at radius 2 is 0.885 bits per heavy atom. The first-order valence-electron chi connectivity index (χ1n) is 16.9. The largest absolute Gasteiger partial charge is 0.497 e. The van der Waals surface area contributed by atoms with Gasteiger partial charge in [-0.1, -0.05) is 49.9 Å². The highest BCUT2D eigenvalue weighted by Crippen LogP contribution is 2.20. The second-order valence-corrected chi connectivity index (χ2v) is 11.5. The van der Waals surface area contributed by atoms with E-state index in [0.29, 0.717) is 70.9 Å². The van der Waals surface area contributed by atoms with Crippen LogP contribution < -0.4 is 29.8 Å². The lowest BCUT2D eigenvalue weighted by molar-refractivity contribution is -0.122. The van der Waals surface area contributed by atoms with Gasteiger partial charge in [-0.3, -0.25) is 9.59 Å². The van der Waals surface area contributed by atoms with Crippen molar-refractivity contribution in [2.75, 3.05) is 14.2 Å². The first-order chi connectivity index (χ1) is 25.4. The van der Waals surface area contributed by atoms with E-state index >= 15 is 0 Å². The molecule has 2 amide bonds. The minimum absolute atomic E-state index is 0.209. The molecule has 0 bridgehead atoms. The van der Waals surface area contributed by atoms with Crippen LogP contribution in [0.4, 0.5) is 0 Å². The minimum atomic E-state index is -0.521. The van der Waals surface area contributed by atoms with Crippen LogP contribution in [0.3, 0.4) is 0 Å². The summed E-state index contributed by atoms with van der Waals surface area (Å²) in [5.74, 6) is 0.443. The molecule has 0 radical (unpaired) electrons. The van der Waals surface area contributed by atoms with Crippen molar-refractivity contribution < 1.29 is 38.1 Å². The average molecular weight is 707 g/mol. The van der Waals surface area contributed by atoms with Crippen LogP contribution in [0.2, 0.25) is 0 Å². The van der Waals surface area contributed by atoms with Crippen molar-refractivity contribution >= 4 is 36.2 Å². The highest BCUT2D eigenvalue weighted by molar-refractivity contribution is 5.94. The topological polar surface area (TPSA) is 154 Å². The van der Waals surface area contributed by atoms with Crippen LogP contribution >= 0.6 is 0 Å². The van der Waals surface area contributed by atoms with Crippen LogP contribution in [0.25, 0.3) is 0 Å². The number of unbranched alkanes of at least 4 members (excludes halogenated alkanes) is 5. The number of para-hydroxylation sites is 2. The number of hydrazone groups is 2. The molecule has 2 N–H and O–H groups in total. The number of carbonyl (C=O) groups is 4. The standard InChI is InChI=1S/C40H42N4O8/c1-49-33-23-19-29(20-24-33)39(47)51-35-15-11-9-13-31(35)27-41-43-37(45)17-7-5-3-4-6-8-18-38(46)44-42-28-32-14-10-12-16-36(32)52-40(48)30-21-25-34(50-2)26-22-30/h9-16,19-28H,3-8,17-18H2,1-2H3,(H,43,45)(H,44,46)/b41-27+,42-28+. The maximum Gasteiger partial charge on any atom is 0.343 e. The molecular weight excluding hydrogens is 664 g/mol. The number of esters is 2. The summed E-state index contributed by atoms with van der Waals surface area (Å²) in [6.45, 7) is 0. The van der Waals surface area contributed by atoms with Crippen LogP contribution in [0.15, 0.2) is 107 Å². The Labute approximate surface area is 302 Å². The molecule has 0 unspecified atom stereocenters. The van der Waals surface area contributed by atoms with E-state index < -0.39 is 11.9 Å². The van der Waals surface area contributed by atoms with Crippen LogP contribution in [0.1, 0.15) is 83.2 Å². The molecule has 0 saturated carbocycles. The van der Waals surface area contributed by atoms with Crippen LogP contribution in [0.5, 0.6) is 23.0 Å². The lowest BCUT2D eigenvalue weighted by Crippen LogP contribution is -2.17. The van der Waals surface area contributed by atoms with E-state index in [-0.39, 0.29) is 11.8 Å². The molecule has 0 atom stereocenters. The van der Waals surface area contributed by atoms with E-state index in [0.717, 1.165) is 25.7 Å². The van der Waals surface area contributed by atoms with Crippen molar-refractivity contribution in [3.63, 3.8) is 0 Å². The quantitative estimate of drug-likeness (QED) is 0.0352. The molecule has 52 heavy (non-hydrogen) atoms. The summed E-state index contributed by atoms with van der Waals surface area (Å²) in [5.41, 5.74) is 6.88. The summed E-state index contributed by atoms with van der Waals surface area (Å²) in [6, 6.07) is 27.0. The highest BCUT2D eigenvalue weighted by Gasteiger charge is 2.13. The molecule has 0 aliphatic carbocycles. The Bertz CT molecular complexity index is 1700. The first-order valence-corrected chi connectivity index (χ1v) is 16.9. The van der Waals surface area contributed by atoms with Gasteiger partial charge in [0.05, 0.1) is 37.8 Å². The minimum Gasteiger partial charge on any atom is -0.497 e. The van der Waals surface area contributed by atoms with E-state index in [2.05, 4.69) is 21.1 Å². The molecule has 0 aromatic heterocycles. The van der Waals surface area contributed by atoms with Gasteiger partial charge in [-0.15, -0.1) is 0 Å². The SMILES string of the molecule is COc1ccc(C(=O)Oc2ccccc2/C=N/NC(=O)CCCCCCCCC(=O)N/N=C/c2ccccc2OC(=O)c2ccc(OC)cc2)cc1. The van der Waals surface area contributed by atoms with Crippen LogP contribution in [-0.2, 0) is 9.59 Å². The highest BCUT2D eigenvalue weighted by atomic mass is 16.5. The van der Waals surface area contributed by atoms with E-state index in [4.69, 9.17) is 18.9 Å². The Balaban J connectivity index is 1.06. The molecule has 0 saturated heterocycles. The predicted octanol–water partition coefficient (Wildman–Crippen LogP) is 6.86. The maximum atomic E-state index is 12.6. The lowest BCUT2D eigenvalue weighted by Gasteiger charge is -2.08. The second-order valence-electron chi connectivity index (χ2n) is 11.5. The summed E-state index contributed by atoms with van der Waals surface area (Å²) in [4.78, 5) is 49.6. The first kappa shape index (κ1) is 38.5. The number of benzene rings is 4. The molecule has 4 aromatic rings. The van der Waals surface area contributed by atoms with Crippen molar-refractivity contribution in [2.45, 2.75) is 51.4 Å². The van der Waals surface area contributed by atoms with Gasteiger partial charge in [0.1, 0.15) is 23.0 Å². The molecule has 0 fully saturated rings. The Morgan fingerprint density at radius 1 is 0.519 bits per heavy atom. The second kappa shape index (κ2) is 21.0. The van der Waals surface area contributed by atoms with Crippen molar-refractivity contribution in [1.29, 1.82) is 0 Å². The van der Waals surface area contributed by atoms with Gasteiger partial charge in [-0.2, -0.15) is 10.2 Å². The van der Waals surface area contributed by atoms with E-state index in [1.165, 1.54) is 12.4 Å². The average Bonchev–Trinajstić information content (AvgIpc) is 3.17. The van der Waals surface area contributed by atoms with Gasteiger partial charge < -0.3 is 18.9 Å². The summed E-state index contributed by atoms with van der Waals surface area (Å²) in [7, 11) is 3.10. The third-order valence-electron chi connectivity index (χ3n) is 7.74. The summed E-state index contributed by atoms with van der Waals surface area (Å²) >= 11 is 0. The van der Waals surface area contributed by atoms with Gasteiger partial charge in [-0.25, -0.2) is 20.4 Å². The molecule has 4 aromatic carbocycles. The van der Waals surface area contributed by atoms with E-state index in [1.54, 1.807) is 111 Å². The fourth-order valence-corrected chi connectivity index (χ4v) is 4.87. The molecule has 12 heteroatoms. The fraction of sp³-hybridized carbons (Fsp3) is 0.250. The number of nitrogens with one attached hydrogen (secondary N) is 2. The Kier molecular flexibility index (Phi) is 15.6. The van der Waals surface area contributed by atoms with Crippen molar-refractivity contribution in [2.24, 2.45) is 10.2 Å². The molecular formula is C40H42N4O8. The summed E-state index contributed by atoms with van der Waals surface area (Å²) in [6.07, 6.45) is 8.59. The van der Waals surface area contributed by atoms with Crippen LogP contribution in [-0.4, -0.2) is 50.4 Å². The van der Waals surface area contributed by atoms with Gasteiger partial charge >= 0.3 is 11.9 Å². The van der Waals surface area contributed by atoms with Gasteiger partial charge in [0.2, 0.25) is 11.8 Å². The molecule has 0 aliphatic rings.